The molecule has 1 saturated heterocycles. The number of hydrogen-bond donors (Lipinski definition) is 2. The second kappa shape index (κ2) is 7.23. The van der Waals surface area contributed by atoms with Gasteiger partial charge in [-0.15, -0.1) is 0 Å². The maximum atomic E-state index is 13.1. The van der Waals surface area contributed by atoms with Crippen LogP contribution < -0.4 is 21.0 Å². The highest BCUT2D eigenvalue weighted by molar-refractivity contribution is 6.04. The molecule has 31 heavy (non-hydrogen) atoms. The number of pyridine rings is 2. The molecule has 2 unspecified atom stereocenters. The highest BCUT2D eigenvalue weighted by Gasteiger charge is 2.41. The Labute approximate surface area is 178 Å². The van der Waals surface area contributed by atoms with E-state index in [0.717, 1.165) is 17.1 Å². The molecule has 0 saturated carbocycles. The summed E-state index contributed by atoms with van der Waals surface area (Å²) in [5.74, 6) is -0.496. The van der Waals surface area contributed by atoms with Crippen LogP contribution >= 0.6 is 0 Å². The van der Waals surface area contributed by atoms with Gasteiger partial charge in [0.2, 0.25) is 11.3 Å². The number of para-hydroxylation sites is 2. The summed E-state index contributed by atoms with van der Waals surface area (Å²) in [6.07, 6.45) is 2.07. The van der Waals surface area contributed by atoms with Crippen molar-refractivity contribution in [3.63, 3.8) is 0 Å². The highest BCUT2D eigenvalue weighted by Crippen LogP contribution is 2.36. The van der Waals surface area contributed by atoms with E-state index in [1.54, 1.807) is 18.3 Å². The molecule has 158 valence electrons. The van der Waals surface area contributed by atoms with Crippen LogP contribution in [0, 0.1) is 6.92 Å². The first kappa shape index (κ1) is 19.3. The van der Waals surface area contributed by atoms with E-state index in [9.17, 15) is 14.4 Å². The number of fused-ring (bicyclic) bond motifs is 4. The third-order valence-corrected chi connectivity index (χ3v) is 6.06. The summed E-state index contributed by atoms with van der Waals surface area (Å²) in [5.41, 5.74) is 2.88. The van der Waals surface area contributed by atoms with Crippen LogP contribution in [0.4, 0.5) is 11.4 Å². The predicted molar refractivity (Wildman–Crippen MR) is 118 cm³/mol. The van der Waals surface area contributed by atoms with Gasteiger partial charge in [-0.3, -0.25) is 14.4 Å². The molecule has 2 aliphatic heterocycles. The van der Waals surface area contributed by atoms with Crippen LogP contribution in [0.2, 0.25) is 0 Å². The molecule has 4 heterocycles. The fourth-order valence-corrected chi connectivity index (χ4v) is 4.53. The Kier molecular flexibility index (Phi) is 4.50. The minimum atomic E-state index is -0.423. The van der Waals surface area contributed by atoms with Gasteiger partial charge in [0.05, 0.1) is 16.8 Å². The van der Waals surface area contributed by atoms with Crippen molar-refractivity contribution in [1.29, 1.82) is 0 Å². The molecule has 1 fully saturated rings. The van der Waals surface area contributed by atoms with Gasteiger partial charge in [0.15, 0.2) is 0 Å². The van der Waals surface area contributed by atoms with E-state index in [0.29, 0.717) is 30.5 Å². The van der Waals surface area contributed by atoms with Crippen LogP contribution in [-0.4, -0.2) is 40.0 Å². The molecule has 0 radical (unpaired) electrons. The first-order chi connectivity index (χ1) is 15.0. The van der Waals surface area contributed by atoms with E-state index in [1.165, 1.54) is 0 Å². The number of rotatable bonds is 3. The Hall–Kier alpha value is -3.68. The van der Waals surface area contributed by atoms with E-state index in [2.05, 4.69) is 15.6 Å². The lowest BCUT2D eigenvalue weighted by molar-refractivity contribution is -0.117. The first-order valence-electron chi connectivity index (χ1n) is 10.4. The van der Waals surface area contributed by atoms with Crippen molar-refractivity contribution in [2.45, 2.75) is 38.9 Å². The highest BCUT2D eigenvalue weighted by atomic mass is 16.2. The van der Waals surface area contributed by atoms with Crippen molar-refractivity contribution in [3.8, 4) is 0 Å². The number of aryl methyl sites for hydroxylation is 2. The first-order valence-corrected chi connectivity index (χ1v) is 10.4. The van der Waals surface area contributed by atoms with Gasteiger partial charge in [-0.05, 0) is 44.5 Å². The Balaban J connectivity index is 1.43. The van der Waals surface area contributed by atoms with Crippen molar-refractivity contribution in [3.05, 3.63) is 64.1 Å². The van der Waals surface area contributed by atoms with Gasteiger partial charge in [0.1, 0.15) is 17.3 Å². The summed E-state index contributed by atoms with van der Waals surface area (Å²) in [6.45, 7) is 4.91. The fourth-order valence-electron chi connectivity index (χ4n) is 4.53. The fraction of sp³-hybridized carbons (Fsp3) is 0.304. The van der Waals surface area contributed by atoms with Gasteiger partial charge in [0.25, 0.3) is 5.91 Å². The van der Waals surface area contributed by atoms with Crippen LogP contribution in [0.5, 0.6) is 0 Å². The molecule has 8 heteroatoms. The SMILES string of the molecule is CCn1cc(C(=O)NC2CC3C(=O)Nc4ccccc4N3C2)c(=O)c2ccc(C)nc21. The third-order valence-electron chi connectivity index (χ3n) is 6.06. The molecule has 2 aliphatic rings. The van der Waals surface area contributed by atoms with Gasteiger partial charge in [-0.2, -0.15) is 0 Å². The number of nitrogens with zero attached hydrogens (tertiary/aromatic N) is 3. The molecule has 0 bridgehead atoms. The predicted octanol–water partition coefficient (Wildman–Crippen LogP) is 2.05. The summed E-state index contributed by atoms with van der Waals surface area (Å²) in [4.78, 5) is 45.1. The van der Waals surface area contributed by atoms with Crippen LogP contribution in [0.3, 0.4) is 0 Å². The number of nitrogens with one attached hydrogen (secondary N) is 2. The average Bonchev–Trinajstić information content (AvgIpc) is 3.18. The van der Waals surface area contributed by atoms with Crippen LogP contribution in [0.1, 0.15) is 29.4 Å². The lowest BCUT2D eigenvalue weighted by Crippen LogP contribution is -2.44. The Morgan fingerprint density at radius 3 is 2.84 bits per heavy atom. The van der Waals surface area contributed by atoms with Crippen LogP contribution in [0.25, 0.3) is 11.0 Å². The Bertz CT molecular complexity index is 1280. The number of benzene rings is 1. The van der Waals surface area contributed by atoms with Gasteiger partial charge >= 0.3 is 0 Å². The zero-order valence-corrected chi connectivity index (χ0v) is 17.4. The average molecular weight is 417 g/mol. The second-order valence-electron chi connectivity index (χ2n) is 8.06. The number of aromatic nitrogens is 2. The van der Waals surface area contributed by atoms with Crippen molar-refractivity contribution < 1.29 is 9.59 Å². The molecule has 0 aliphatic carbocycles. The van der Waals surface area contributed by atoms with Gasteiger partial charge in [-0.1, -0.05) is 12.1 Å². The van der Waals surface area contributed by atoms with Gasteiger partial charge in [0, 0.05) is 31.0 Å². The second-order valence-corrected chi connectivity index (χ2v) is 8.06. The maximum absolute atomic E-state index is 13.1. The summed E-state index contributed by atoms with van der Waals surface area (Å²) in [5, 5.41) is 6.34. The monoisotopic (exact) mass is 417 g/mol. The molecular formula is C23H23N5O3. The summed E-state index contributed by atoms with van der Waals surface area (Å²) in [7, 11) is 0. The number of carbonyl (C=O) groups excluding carboxylic acids is 2. The summed E-state index contributed by atoms with van der Waals surface area (Å²) in [6, 6.07) is 10.6. The van der Waals surface area contributed by atoms with Crippen molar-refractivity contribution in [1.82, 2.24) is 14.9 Å². The molecule has 2 N–H and O–H groups in total. The Morgan fingerprint density at radius 2 is 2.03 bits per heavy atom. The van der Waals surface area contributed by atoms with Gasteiger partial charge < -0.3 is 20.1 Å². The van der Waals surface area contributed by atoms with E-state index < -0.39 is 5.91 Å². The van der Waals surface area contributed by atoms with E-state index in [4.69, 9.17) is 0 Å². The molecule has 0 spiro atoms. The van der Waals surface area contributed by atoms with Crippen molar-refractivity contribution >= 4 is 34.2 Å². The van der Waals surface area contributed by atoms with E-state index in [1.807, 2.05) is 47.6 Å². The van der Waals surface area contributed by atoms with Crippen molar-refractivity contribution in [2.75, 3.05) is 16.8 Å². The molecule has 1 aromatic carbocycles. The standard InChI is InChI=1S/C23H23N5O3/c1-3-27-12-16(20(29)15-9-8-13(2)24-21(15)27)22(30)25-14-10-19-23(31)26-17-6-4-5-7-18(17)28(19)11-14/h4-9,12,14,19H,3,10-11H2,1-2H3,(H,25,30)(H,26,31). The zero-order valence-electron chi connectivity index (χ0n) is 17.4. The summed E-state index contributed by atoms with van der Waals surface area (Å²) < 4.78 is 1.82. The van der Waals surface area contributed by atoms with E-state index >= 15 is 0 Å². The molecule has 5 rings (SSSR count). The molecule has 2 aromatic heterocycles. The molecular weight excluding hydrogens is 394 g/mol. The van der Waals surface area contributed by atoms with E-state index in [-0.39, 0.29) is 29.0 Å². The normalized spacial score (nSPS) is 19.7. The number of carbonyl (C=O) groups is 2. The maximum Gasteiger partial charge on any atom is 0.257 e. The topological polar surface area (TPSA) is 96.3 Å². The lowest BCUT2D eigenvalue weighted by atomic mass is 10.1. The largest absolute Gasteiger partial charge is 0.356 e. The quantitative estimate of drug-likeness (QED) is 0.680. The van der Waals surface area contributed by atoms with Crippen LogP contribution in [-0.2, 0) is 11.3 Å². The Morgan fingerprint density at radius 1 is 1.23 bits per heavy atom. The molecule has 2 atom stereocenters. The minimum Gasteiger partial charge on any atom is -0.356 e. The van der Waals surface area contributed by atoms with Crippen molar-refractivity contribution in [2.24, 2.45) is 0 Å². The number of hydrogen-bond acceptors (Lipinski definition) is 5. The summed E-state index contributed by atoms with van der Waals surface area (Å²) >= 11 is 0. The van der Waals surface area contributed by atoms with Crippen LogP contribution in [0.15, 0.2) is 47.4 Å². The number of amides is 2. The smallest absolute Gasteiger partial charge is 0.257 e. The lowest BCUT2D eigenvalue weighted by Gasteiger charge is -2.32. The third kappa shape index (κ3) is 3.15. The number of anilines is 2. The molecule has 8 nitrogen and oxygen atoms in total. The zero-order chi connectivity index (χ0) is 21.7. The minimum absolute atomic E-state index is 0.0732. The van der Waals surface area contributed by atoms with Gasteiger partial charge in [-0.25, -0.2) is 4.98 Å². The molecule has 3 aromatic rings. The molecule has 2 amide bonds.